The first kappa shape index (κ1) is 13.2. The number of hydrogen-bond acceptors (Lipinski definition) is 4. The Morgan fingerprint density at radius 2 is 2.24 bits per heavy atom. The van der Waals surface area contributed by atoms with E-state index in [1.54, 1.807) is 19.2 Å². The molecule has 0 heterocycles. The van der Waals surface area contributed by atoms with Gasteiger partial charge < -0.3 is 20.5 Å². The van der Waals surface area contributed by atoms with Gasteiger partial charge in [-0.3, -0.25) is 4.79 Å². The average Bonchev–Trinajstić information content (AvgIpc) is 2.27. The van der Waals surface area contributed by atoms with Crippen LogP contribution in [0.3, 0.4) is 0 Å². The maximum atomic E-state index is 12.0. The molecule has 0 aliphatic heterocycles. The molecule has 6 heteroatoms. The number of likely N-dealkylation sites (N-methyl/N-ethyl adjacent to an activating group) is 1. The number of nitrogens with zero attached hydrogens (tertiary/aromatic N) is 1. The Hall–Kier alpha value is -1.82. The van der Waals surface area contributed by atoms with E-state index < -0.39 is 0 Å². The van der Waals surface area contributed by atoms with Gasteiger partial charge in [0, 0.05) is 7.05 Å². The minimum atomic E-state index is -0.366. The summed E-state index contributed by atoms with van der Waals surface area (Å²) in [4.78, 5) is 13.5. The normalized spacial score (nSPS) is 9.76. The van der Waals surface area contributed by atoms with E-state index >= 15 is 0 Å². The predicted molar refractivity (Wildman–Crippen MR) is 68.4 cm³/mol. The zero-order valence-corrected chi connectivity index (χ0v) is 10.5. The van der Waals surface area contributed by atoms with E-state index in [2.05, 4.69) is 0 Å². The average molecular weight is 254 g/mol. The Bertz CT molecular complexity index is 448. The molecular weight excluding hydrogens is 240 g/mol. The van der Waals surface area contributed by atoms with E-state index in [1.165, 1.54) is 18.1 Å². The van der Waals surface area contributed by atoms with Crippen molar-refractivity contribution in [1.82, 2.24) is 4.90 Å². The topological polar surface area (TPSA) is 75.8 Å². The third kappa shape index (κ3) is 3.07. The van der Waals surface area contributed by atoms with Gasteiger partial charge in [0.05, 0.1) is 24.2 Å². The summed E-state index contributed by atoms with van der Waals surface area (Å²) in [5.41, 5.74) is 5.51. The van der Waals surface area contributed by atoms with Gasteiger partial charge in [0.15, 0.2) is 11.5 Å². The highest BCUT2D eigenvalue weighted by Gasteiger charge is 2.18. The smallest absolute Gasteiger partial charge is 0.257 e. The van der Waals surface area contributed by atoms with Gasteiger partial charge in [0.1, 0.15) is 0 Å². The fraction of sp³-hybridized carbons (Fsp3) is 0.273. The molecule has 0 aliphatic rings. The van der Waals surface area contributed by atoms with Gasteiger partial charge >= 0.3 is 0 Å². The third-order valence-electron chi connectivity index (χ3n) is 2.19. The van der Waals surface area contributed by atoms with Gasteiger partial charge in [-0.2, -0.15) is 0 Å². The Labute approximate surface area is 105 Å². The third-order valence-corrected chi connectivity index (χ3v) is 2.32. The molecule has 0 fully saturated rings. The van der Waals surface area contributed by atoms with Crippen LogP contribution in [0.5, 0.6) is 11.5 Å². The van der Waals surface area contributed by atoms with Gasteiger partial charge in [-0.25, -0.2) is 0 Å². The number of rotatable bonds is 4. The predicted octanol–water partition coefficient (Wildman–Crippen LogP) is 0.759. The largest absolute Gasteiger partial charge is 0.504 e. The van der Waals surface area contributed by atoms with Crippen LogP contribution in [0.15, 0.2) is 18.2 Å². The lowest BCUT2D eigenvalue weighted by Crippen LogP contribution is -2.34. The summed E-state index contributed by atoms with van der Waals surface area (Å²) in [5.74, 6) is -0.302. The number of ether oxygens (including phenoxy) is 1. The molecule has 17 heavy (non-hydrogen) atoms. The van der Waals surface area contributed by atoms with Crippen LogP contribution in [0.25, 0.3) is 0 Å². The Balaban J connectivity index is 3.00. The fourth-order valence-electron chi connectivity index (χ4n) is 1.37. The minimum absolute atomic E-state index is 0.156. The van der Waals surface area contributed by atoms with Crippen molar-refractivity contribution in [1.29, 1.82) is 0 Å². The van der Waals surface area contributed by atoms with Crippen LogP contribution in [0.4, 0.5) is 0 Å². The fourth-order valence-corrected chi connectivity index (χ4v) is 1.56. The summed E-state index contributed by atoms with van der Waals surface area (Å²) in [5, 5.41) is 9.81. The first-order chi connectivity index (χ1) is 7.97. The number of hydrogen-bond donors (Lipinski definition) is 2. The summed E-state index contributed by atoms with van der Waals surface area (Å²) in [7, 11) is 2.97. The number of thiocarbonyl (C=S) groups is 1. The van der Waals surface area contributed by atoms with Gasteiger partial charge in [0.2, 0.25) is 0 Å². The van der Waals surface area contributed by atoms with Crippen LogP contribution in [0.2, 0.25) is 0 Å². The van der Waals surface area contributed by atoms with E-state index in [0.29, 0.717) is 0 Å². The first-order valence-corrected chi connectivity index (χ1v) is 5.28. The van der Waals surface area contributed by atoms with Gasteiger partial charge in [-0.1, -0.05) is 18.3 Å². The lowest BCUT2D eigenvalue weighted by Gasteiger charge is -2.17. The van der Waals surface area contributed by atoms with Gasteiger partial charge in [-0.05, 0) is 12.1 Å². The maximum absolute atomic E-state index is 12.0. The number of methoxy groups -OCH3 is 1. The molecule has 0 aliphatic carbocycles. The van der Waals surface area contributed by atoms with E-state index in [1.807, 2.05) is 0 Å². The van der Waals surface area contributed by atoms with Crippen LogP contribution in [-0.4, -0.2) is 41.6 Å². The summed E-state index contributed by atoms with van der Waals surface area (Å²) < 4.78 is 4.93. The number of phenolic OH excluding ortho intramolecular Hbond substituents is 1. The van der Waals surface area contributed by atoms with Crippen LogP contribution < -0.4 is 10.5 Å². The van der Waals surface area contributed by atoms with E-state index in [9.17, 15) is 9.90 Å². The van der Waals surface area contributed by atoms with E-state index in [4.69, 9.17) is 22.7 Å². The lowest BCUT2D eigenvalue weighted by molar-refractivity contribution is 0.0811. The quantitative estimate of drug-likeness (QED) is 0.776. The molecular formula is C11H14N2O3S. The van der Waals surface area contributed by atoms with Crippen molar-refractivity contribution in [2.45, 2.75) is 0 Å². The number of nitrogens with two attached hydrogens (primary N) is 1. The van der Waals surface area contributed by atoms with Crippen molar-refractivity contribution in [3.8, 4) is 11.5 Å². The highest BCUT2D eigenvalue weighted by atomic mass is 32.1. The molecule has 0 atom stereocenters. The zero-order valence-electron chi connectivity index (χ0n) is 9.64. The van der Waals surface area contributed by atoms with Crippen molar-refractivity contribution in [2.75, 3.05) is 20.7 Å². The molecule has 1 rings (SSSR count). The molecule has 0 bridgehead atoms. The van der Waals surface area contributed by atoms with Crippen molar-refractivity contribution in [2.24, 2.45) is 5.73 Å². The monoisotopic (exact) mass is 254 g/mol. The number of carbonyl (C=O) groups excluding carboxylic acids is 1. The Morgan fingerprint density at radius 3 is 2.76 bits per heavy atom. The van der Waals surface area contributed by atoms with Crippen molar-refractivity contribution < 1.29 is 14.6 Å². The molecule has 5 nitrogen and oxygen atoms in total. The minimum Gasteiger partial charge on any atom is -0.504 e. The van der Waals surface area contributed by atoms with Crippen molar-refractivity contribution >= 4 is 23.1 Å². The Morgan fingerprint density at radius 1 is 1.59 bits per heavy atom. The number of carbonyl (C=O) groups is 1. The lowest BCUT2D eigenvalue weighted by atomic mass is 10.1. The van der Waals surface area contributed by atoms with Crippen molar-refractivity contribution in [3.05, 3.63) is 23.8 Å². The maximum Gasteiger partial charge on any atom is 0.257 e. The second kappa shape index (κ2) is 5.49. The van der Waals surface area contributed by atoms with Crippen molar-refractivity contribution in [3.63, 3.8) is 0 Å². The summed E-state index contributed by atoms with van der Waals surface area (Å²) in [6.07, 6.45) is 0. The molecule has 0 saturated carbocycles. The zero-order chi connectivity index (χ0) is 13.0. The highest BCUT2D eigenvalue weighted by molar-refractivity contribution is 7.80. The van der Waals surface area contributed by atoms with Gasteiger partial charge in [0.25, 0.3) is 5.91 Å². The molecule has 0 unspecified atom stereocenters. The number of phenols is 1. The van der Waals surface area contributed by atoms with Gasteiger partial charge in [-0.15, -0.1) is 0 Å². The first-order valence-electron chi connectivity index (χ1n) is 4.87. The molecule has 0 spiro atoms. The highest BCUT2D eigenvalue weighted by Crippen LogP contribution is 2.29. The summed E-state index contributed by atoms with van der Waals surface area (Å²) >= 11 is 4.72. The van der Waals surface area contributed by atoms with E-state index in [0.717, 1.165) is 0 Å². The number of benzene rings is 1. The second-order valence-corrected chi connectivity index (χ2v) is 4.01. The van der Waals surface area contributed by atoms with E-state index in [-0.39, 0.29) is 34.5 Å². The van der Waals surface area contributed by atoms with Crippen LogP contribution in [0.1, 0.15) is 10.4 Å². The standard InChI is InChI=1S/C11H14N2O3S/c1-13(6-9(12)17)11(15)7-4-3-5-8(16-2)10(7)14/h3-5,14H,6H2,1-2H3,(H2,12,17). The number of aromatic hydroxyl groups is 1. The molecule has 0 aromatic heterocycles. The second-order valence-electron chi connectivity index (χ2n) is 3.48. The SMILES string of the molecule is COc1cccc(C(=O)N(C)CC(N)=S)c1O. The number of amides is 1. The Kier molecular flexibility index (Phi) is 4.28. The van der Waals surface area contributed by atoms with Crippen LogP contribution in [0, 0.1) is 0 Å². The molecule has 1 aromatic carbocycles. The molecule has 3 N–H and O–H groups in total. The number of para-hydroxylation sites is 1. The molecule has 1 amide bonds. The molecule has 92 valence electrons. The summed E-state index contributed by atoms with van der Waals surface area (Å²) in [6.45, 7) is 0.158. The summed E-state index contributed by atoms with van der Waals surface area (Å²) in [6, 6.07) is 4.70. The molecule has 0 saturated heterocycles. The van der Waals surface area contributed by atoms with Crippen LogP contribution >= 0.6 is 12.2 Å². The molecule has 0 radical (unpaired) electrons. The van der Waals surface area contributed by atoms with Crippen LogP contribution in [-0.2, 0) is 0 Å². The molecule has 1 aromatic rings.